The number of anilines is 1. The van der Waals surface area contributed by atoms with Gasteiger partial charge in [-0.05, 0) is 29.7 Å². The number of rotatable bonds is 6. The molecule has 1 amide bonds. The van der Waals surface area contributed by atoms with Gasteiger partial charge in [-0.2, -0.15) is 5.10 Å². The van der Waals surface area contributed by atoms with Crippen molar-refractivity contribution in [1.82, 2.24) is 5.32 Å². The molecule has 3 rings (SSSR count). The zero-order chi connectivity index (χ0) is 20.1. The number of hydrogen-bond acceptors (Lipinski definition) is 7. The van der Waals surface area contributed by atoms with Gasteiger partial charge in [-0.15, -0.1) is 5.10 Å². The first-order valence-electron chi connectivity index (χ1n) is 8.51. The van der Waals surface area contributed by atoms with Crippen LogP contribution in [0.15, 0.2) is 58.7 Å². The molecular formula is C19H19N5O3S. The summed E-state index contributed by atoms with van der Waals surface area (Å²) in [6, 6.07) is 14.1. The molecule has 0 aliphatic carbocycles. The first-order chi connectivity index (χ1) is 13.4. The molecule has 1 aliphatic rings. The molecule has 0 saturated carbocycles. The summed E-state index contributed by atoms with van der Waals surface area (Å²) in [6.07, 6.45) is 2.09. The maximum atomic E-state index is 12.1. The van der Waals surface area contributed by atoms with Crippen LogP contribution in [0.1, 0.15) is 11.1 Å². The summed E-state index contributed by atoms with van der Waals surface area (Å²) in [5, 5.41) is 21.6. The highest BCUT2D eigenvalue weighted by molar-refractivity contribution is 8.15. The van der Waals surface area contributed by atoms with Crippen molar-refractivity contribution in [2.24, 2.45) is 10.2 Å². The number of non-ortho nitro benzene ring substituents is 1. The van der Waals surface area contributed by atoms with Gasteiger partial charge >= 0.3 is 0 Å². The van der Waals surface area contributed by atoms with Crippen LogP contribution in [0.4, 0.5) is 11.4 Å². The van der Waals surface area contributed by atoms with Gasteiger partial charge in [0.25, 0.3) is 5.69 Å². The summed E-state index contributed by atoms with van der Waals surface area (Å²) in [7, 11) is 3.95. The van der Waals surface area contributed by atoms with E-state index in [1.807, 2.05) is 43.3 Å². The molecule has 1 aliphatic heterocycles. The molecule has 0 radical (unpaired) electrons. The van der Waals surface area contributed by atoms with Crippen molar-refractivity contribution in [3.63, 3.8) is 0 Å². The minimum absolute atomic E-state index is 0.0301. The van der Waals surface area contributed by atoms with Gasteiger partial charge in [0.2, 0.25) is 5.91 Å². The number of nitro benzene ring substituents is 1. The maximum Gasteiger partial charge on any atom is 0.269 e. The van der Waals surface area contributed by atoms with Gasteiger partial charge in [-0.25, -0.2) is 0 Å². The predicted molar refractivity (Wildman–Crippen MR) is 112 cm³/mol. The van der Waals surface area contributed by atoms with E-state index in [9.17, 15) is 14.9 Å². The Hall–Kier alpha value is -3.20. The number of hydrogen-bond donors (Lipinski definition) is 1. The van der Waals surface area contributed by atoms with Crippen LogP contribution in [0.25, 0.3) is 0 Å². The minimum Gasteiger partial charge on any atom is -0.378 e. The van der Waals surface area contributed by atoms with E-state index in [2.05, 4.69) is 15.5 Å². The molecule has 28 heavy (non-hydrogen) atoms. The molecule has 1 atom stereocenters. The van der Waals surface area contributed by atoms with Crippen molar-refractivity contribution >= 4 is 40.4 Å². The summed E-state index contributed by atoms with van der Waals surface area (Å²) in [5.74, 6) is -0.146. The number of benzene rings is 2. The molecule has 0 aromatic heterocycles. The number of thioether (sulfide) groups is 1. The lowest BCUT2D eigenvalue weighted by Crippen LogP contribution is -2.25. The first kappa shape index (κ1) is 19.6. The molecule has 1 unspecified atom stereocenters. The largest absolute Gasteiger partial charge is 0.378 e. The average Bonchev–Trinajstić information content (AvgIpc) is 3.02. The van der Waals surface area contributed by atoms with Crippen molar-refractivity contribution < 1.29 is 9.72 Å². The second kappa shape index (κ2) is 8.66. The lowest BCUT2D eigenvalue weighted by Gasteiger charge is -2.11. The molecule has 144 valence electrons. The molecule has 0 bridgehead atoms. The van der Waals surface area contributed by atoms with E-state index in [4.69, 9.17) is 0 Å². The van der Waals surface area contributed by atoms with E-state index in [1.54, 1.807) is 18.3 Å². The number of nitrogens with zero attached hydrogens (tertiary/aromatic N) is 4. The lowest BCUT2D eigenvalue weighted by atomic mass is 10.1. The zero-order valence-electron chi connectivity index (χ0n) is 15.4. The second-order valence-corrected chi connectivity index (χ2v) is 7.55. The summed E-state index contributed by atoms with van der Waals surface area (Å²) in [5.41, 5.74) is 2.88. The normalized spacial score (nSPS) is 17.9. The van der Waals surface area contributed by atoms with Gasteiger partial charge in [0.05, 0.1) is 16.4 Å². The van der Waals surface area contributed by atoms with Gasteiger partial charge in [0.15, 0.2) is 5.17 Å². The van der Waals surface area contributed by atoms with Crippen LogP contribution in [0.3, 0.4) is 0 Å². The molecular weight excluding hydrogens is 378 g/mol. The zero-order valence-corrected chi connectivity index (χ0v) is 16.2. The number of carbonyl (C=O) groups excluding carboxylic acids is 1. The smallest absolute Gasteiger partial charge is 0.269 e. The molecule has 8 nitrogen and oxygen atoms in total. The van der Waals surface area contributed by atoms with Gasteiger partial charge in [-0.3, -0.25) is 14.9 Å². The Kier molecular flexibility index (Phi) is 6.05. The van der Waals surface area contributed by atoms with E-state index in [0.29, 0.717) is 11.6 Å². The fourth-order valence-electron chi connectivity index (χ4n) is 2.56. The summed E-state index contributed by atoms with van der Waals surface area (Å²) in [4.78, 5) is 24.4. The second-order valence-electron chi connectivity index (χ2n) is 6.36. The van der Waals surface area contributed by atoms with Gasteiger partial charge in [0, 0.05) is 31.9 Å². The van der Waals surface area contributed by atoms with Crippen LogP contribution in [-0.2, 0) is 11.2 Å². The minimum atomic E-state index is -0.447. The first-order valence-corrected chi connectivity index (χ1v) is 9.39. The van der Waals surface area contributed by atoms with Crippen LogP contribution < -0.4 is 10.2 Å². The topological polar surface area (TPSA) is 100 Å². The van der Waals surface area contributed by atoms with E-state index < -0.39 is 4.92 Å². The Morgan fingerprint density at radius 1 is 1.18 bits per heavy atom. The quantitative estimate of drug-likeness (QED) is 0.459. The summed E-state index contributed by atoms with van der Waals surface area (Å²) < 4.78 is 0. The number of nitrogens with one attached hydrogen (secondary N) is 1. The summed E-state index contributed by atoms with van der Waals surface area (Å²) in [6.45, 7) is 0. The molecule has 1 N–H and O–H groups in total. The van der Waals surface area contributed by atoms with Crippen molar-refractivity contribution in [2.75, 3.05) is 19.0 Å². The van der Waals surface area contributed by atoms with Crippen LogP contribution >= 0.6 is 11.8 Å². The summed E-state index contributed by atoms with van der Waals surface area (Å²) >= 11 is 1.30. The highest BCUT2D eigenvalue weighted by Crippen LogP contribution is 2.24. The Balaban J connectivity index is 1.59. The Bertz CT molecular complexity index is 924. The number of amidine groups is 1. The van der Waals surface area contributed by atoms with Crippen LogP contribution in [-0.4, -0.2) is 41.6 Å². The fourth-order valence-corrected chi connectivity index (χ4v) is 3.53. The third-order valence-electron chi connectivity index (χ3n) is 4.11. The average molecular weight is 397 g/mol. The fraction of sp³-hybridized carbons (Fsp3) is 0.211. The number of carbonyl (C=O) groups is 1. The SMILES string of the molecule is CN(C)c1ccc(/C=N/N=C2/NC(=O)C(Cc3ccc([N+](=O)[O-])cc3)S2)cc1. The number of nitro groups is 1. The lowest BCUT2D eigenvalue weighted by molar-refractivity contribution is -0.384. The highest BCUT2D eigenvalue weighted by Gasteiger charge is 2.30. The van der Waals surface area contributed by atoms with Crippen molar-refractivity contribution in [2.45, 2.75) is 11.7 Å². The van der Waals surface area contributed by atoms with Crippen LogP contribution in [0, 0.1) is 10.1 Å². The van der Waals surface area contributed by atoms with Crippen LogP contribution in [0.2, 0.25) is 0 Å². The standard InChI is InChI=1S/C19H19N5O3S/c1-23(2)15-7-5-14(6-8-15)12-20-22-19-21-18(25)17(28-19)11-13-3-9-16(10-4-13)24(26)27/h3-10,12,17H,11H2,1-2H3,(H,21,22,25)/b20-12+. The van der Waals surface area contributed by atoms with Crippen LogP contribution in [0.5, 0.6) is 0 Å². The molecule has 1 fully saturated rings. The molecule has 9 heteroatoms. The molecule has 1 heterocycles. The molecule has 2 aromatic carbocycles. The van der Waals surface area contributed by atoms with Gasteiger partial charge < -0.3 is 10.2 Å². The van der Waals surface area contributed by atoms with Crippen molar-refractivity contribution in [3.05, 3.63) is 69.8 Å². The highest BCUT2D eigenvalue weighted by atomic mass is 32.2. The van der Waals surface area contributed by atoms with E-state index in [0.717, 1.165) is 16.8 Å². The van der Waals surface area contributed by atoms with Gasteiger partial charge in [0.1, 0.15) is 0 Å². The van der Waals surface area contributed by atoms with Crippen molar-refractivity contribution in [1.29, 1.82) is 0 Å². The van der Waals surface area contributed by atoms with Crippen molar-refractivity contribution in [3.8, 4) is 0 Å². The predicted octanol–water partition coefficient (Wildman–Crippen LogP) is 2.83. The third-order valence-corrected chi connectivity index (χ3v) is 5.18. The third kappa shape index (κ3) is 4.95. The van der Waals surface area contributed by atoms with Gasteiger partial charge in [-0.1, -0.05) is 36.0 Å². The molecule has 2 aromatic rings. The molecule has 1 saturated heterocycles. The monoisotopic (exact) mass is 397 g/mol. The Labute approximate surface area is 166 Å². The number of amides is 1. The Morgan fingerprint density at radius 3 is 2.46 bits per heavy atom. The van der Waals surface area contributed by atoms with E-state index in [-0.39, 0.29) is 16.8 Å². The Morgan fingerprint density at radius 2 is 1.86 bits per heavy atom. The maximum absolute atomic E-state index is 12.1. The van der Waals surface area contributed by atoms with E-state index >= 15 is 0 Å². The van der Waals surface area contributed by atoms with E-state index in [1.165, 1.54) is 23.9 Å². The molecule has 0 spiro atoms.